The van der Waals surface area contributed by atoms with Gasteiger partial charge < -0.3 is 14.5 Å². The van der Waals surface area contributed by atoms with Crippen molar-refractivity contribution in [3.8, 4) is 11.3 Å². The fraction of sp³-hybridized carbons (Fsp3) is 0.120. The molecule has 0 radical (unpaired) electrons. The minimum absolute atomic E-state index is 0.138. The summed E-state index contributed by atoms with van der Waals surface area (Å²) in [5.74, 6) is -0.680. The van der Waals surface area contributed by atoms with Crippen molar-refractivity contribution in [1.82, 2.24) is 4.90 Å². The number of anilines is 1. The topological polar surface area (TPSA) is 106 Å². The number of benzene rings is 2. The number of amides is 3. The molecule has 178 valence electrons. The van der Waals surface area contributed by atoms with E-state index in [1.165, 1.54) is 13.2 Å². The van der Waals surface area contributed by atoms with E-state index in [0.717, 1.165) is 27.8 Å². The molecule has 0 aliphatic carbocycles. The summed E-state index contributed by atoms with van der Waals surface area (Å²) in [5, 5.41) is 2.38. The number of methoxy groups -OCH3 is 1. The van der Waals surface area contributed by atoms with E-state index in [0.29, 0.717) is 27.8 Å². The molecule has 0 saturated carbocycles. The Labute approximate surface area is 209 Å². The smallest absolute Gasteiger partial charge is 0.337 e. The number of carbonyl (C=O) groups excluding carboxylic acids is 4. The molecule has 3 amide bonds. The summed E-state index contributed by atoms with van der Waals surface area (Å²) in [5.41, 5.74) is 2.38. The molecule has 0 unspecified atom stereocenters. The SMILES string of the molecule is COC(=O)c1ccc(-c2ccc(/C=C3/SC(=O)N(CC(=O)Nc4ccccc4Cl)C3=O)o2)c(C)c1. The number of para-hydroxylation sites is 1. The molecule has 35 heavy (non-hydrogen) atoms. The number of esters is 1. The molecule has 1 N–H and O–H groups in total. The molecule has 1 saturated heterocycles. The van der Waals surface area contributed by atoms with Crippen LogP contribution in [0.4, 0.5) is 10.5 Å². The van der Waals surface area contributed by atoms with Crippen LogP contribution in [0.25, 0.3) is 17.4 Å². The summed E-state index contributed by atoms with van der Waals surface area (Å²) < 4.78 is 10.6. The van der Waals surface area contributed by atoms with Gasteiger partial charge in [0.2, 0.25) is 5.91 Å². The van der Waals surface area contributed by atoms with Crippen molar-refractivity contribution < 1.29 is 28.3 Å². The third-order valence-corrected chi connectivity index (χ3v) is 6.37. The highest BCUT2D eigenvalue weighted by atomic mass is 35.5. The molecule has 2 heterocycles. The van der Waals surface area contributed by atoms with Crippen LogP contribution in [-0.2, 0) is 14.3 Å². The van der Waals surface area contributed by atoms with Gasteiger partial charge in [0.05, 0.1) is 28.3 Å². The first-order valence-corrected chi connectivity index (χ1v) is 11.5. The van der Waals surface area contributed by atoms with Crippen LogP contribution < -0.4 is 5.32 Å². The zero-order valence-electron chi connectivity index (χ0n) is 18.7. The van der Waals surface area contributed by atoms with E-state index >= 15 is 0 Å². The first kappa shape index (κ1) is 24.3. The molecule has 1 aromatic heterocycles. The molecule has 1 aliphatic heterocycles. The minimum atomic E-state index is -0.592. The normalized spacial score (nSPS) is 14.5. The van der Waals surface area contributed by atoms with Gasteiger partial charge in [-0.05, 0) is 60.6 Å². The third-order valence-electron chi connectivity index (χ3n) is 5.14. The van der Waals surface area contributed by atoms with E-state index in [9.17, 15) is 19.2 Å². The molecule has 0 bridgehead atoms. The number of furan rings is 1. The zero-order chi connectivity index (χ0) is 25.1. The number of hydrogen-bond donors (Lipinski definition) is 1. The monoisotopic (exact) mass is 510 g/mol. The van der Waals surface area contributed by atoms with Gasteiger partial charge in [-0.25, -0.2) is 4.79 Å². The molecular formula is C25H19ClN2O6S. The standard InChI is InChI=1S/C25H19ClN2O6S/c1-14-11-15(24(31)33-2)7-9-17(14)20-10-8-16(34-20)12-21-23(30)28(25(32)35-21)13-22(29)27-19-6-4-3-5-18(19)26/h3-12H,13H2,1-2H3,(H,27,29)/b21-12+. The van der Waals surface area contributed by atoms with Crippen LogP contribution in [0.1, 0.15) is 21.7 Å². The number of imide groups is 1. The van der Waals surface area contributed by atoms with Crippen molar-refractivity contribution in [1.29, 1.82) is 0 Å². The molecule has 8 nitrogen and oxygen atoms in total. The number of carbonyl (C=O) groups is 4. The van der Waals surface area contributed by atoms with E-state index in [1.807, 2.05) is 6.92 Å². The summed E-state index contributed by atoms with van der Waals surface area (Å²) in [6.07, 6.45) is 1.46. The molecule has 1 aliphatic rings. The summed E-state index contributed by atoms with van der Waals surface area (Å²) >= 11 is 6.76. The quantitative estimate of drug-likeness (QED) is 0.351. The molecule has 1 fully saturated rings. The van der Waals surface area contributed by atoms with Crippen LogP contribution in [0.2, 0.25) is 5.02 Å². The number of nitrogens with one attached hydrogen (secondary N) is 1. The van der Waals surface area contributed by atoms with Gasteiger partial charge in [0.15, 0.2) is 0 Å². The average Bonchev–Trinajstić information content (AvgIpc) is 3.40. The van der Waals surface area contributed by atoms with Gasteiger partial charge in [0.25, 0.3) is 11.1 Å². The van der Waals surface area contributed by atoms with Crippen LogP contribution >= 0.6 is 23.4 Å². The second-order valence-electron chi connectivity index (χ2n) is 7.52. The van der Waals surface area contributed by atoms with Crippen molar-refractivity contribution in [2.24, 2.45) is 0 Å². The maximum Gasteiger partial charge on any atom is 0.337 e. The van der Waals surface area contributed by atoms with Gasteiger partial charge in [-0.3, -0.25) is 19.3 Å². The van der Waals surface area contributed by atoms with Gasteiger partial charge in [-0.2, -0.15) is 0 Å². The van der Waals surface area contributed by atoms with Crippen molar-refractivity contribution in [3.05, 3.63) is 81.4 Å². The Kier molecular flexibility index (Phi) is 7.09. The first-order chi connectivity index (χ1) is 16.8. The van der Waals surface area contributed by atoms with Gasteiger partial charge in [-0.15, -0.1) is 0 Å². The number of thioether (sulfide) groups is 1. The van der Waals surface area contributed by atoms with Gasteiger partial charge in [-0.1, -0.05) is 29.8 Å². The lowest BCUT2D eigenvalue weighted by Crippen LogP contribution is -2.36. The van der Waals surface area contributed by atoms with E-state index in [4.69, 9.17) is 20.8 Å². The van der Waals surface area contributed by atoms with Crippen molar-refractivity contribution in [2.45, 2.75) is 6.92 Å². The van der Waals surface area contributed by atoms with E-state index in [1.54, 1.807) is 54.6 Å². The minimum Gasteiger partial charge on any atom is -0.465 e. The Morgan fingerprint density at radius 3 is 2.63 bits per heavy atom. The molecule has 3 aromatic rings. The second-order valence-corrected chi connectivity index (χ2v) is 8.92. The number of hydrogen-bond acceptors (Lipinski definition) is 7. The largest absolute Gasteiger partial charge is 0.465 e. The fourth-order valence-electron chi connectivity index (χ4n) is 3.42. The van der Waals surface area contributed by atoms with E-state index < -0.39 is 29.6 Å². The predicted molar refractivity (Wildman–Crippen MR) is 133 cm³/mol. The maximum absolute atomic E-state index is 12.8. The van der Waals surface area contributed by atoms with Crippen LogP contribution in [0.15, 0.2) is 63.9 Å². The maximum atomic E-state index is 12.8. The number of aryl methyl sites for hydroxylation is 1. The van der Waals surface area contributed by atoms with Crippen LogP contribution in [-0.4, -0.2) is 41.6 Å². The molecular weight excluding hydrogens is 492 g/mol. The Bertz CT molecular complexity index is 1380. The zero-order valence-corrected chi connectivity index (χ0v) is 20.2. The molecule has 10 heteroatoms. The van der Waals surface area contributed by atoms with Crippen molar-refractivity contribution >= 4 is 58.1 Å². The summed E-state index contributed by atoms with van der Waals surface area (Å²) in [6.45, 7) is 1.39. The number of halogens is 1. The van der Waals surface area contributed by atoms with Crippen LogP contribution in [0.5, 0.6) is 0 Å². The second kappa shape index (κ2) is 10.2. The predicted octanol–water partition coefficient (Wildman–Crippen LogP) is 5.37. The summed E-state index contributed by atoms with van der Waals surface area (Å²) in [6, 6.07) is 15.1. The molecule has 0 spiro atoms. The average molecular weight is 511 g/mol. The summed E-state index contributed by atoms with van der Waals surface area (Å²) in [4.78, 5) is 50.2. The number of ether oxygens (including phenoxy) is 1. The van der Waals surface area contributed by atoms with Crippen LogP contribution in [0, 0.1) is 6.92 Å². The highest BCUT2D eigenvalue weighted by Gasteiger charge is 2.36. The number of rotatable bonds is 6. The highest BCUT2D eigenvalue weighted by Crippen LogP contribution is 2.34. The Morgan fingerprint density at radius 1 is 1.14 bits per heavy atom. The lowest BCUT2D eigenvalue weighted by atomic mass is 10.0. The molecule has 2 aromatic carbocycles. The number of nitrogens with zero attached hydrogens (tertiary/aromatic N) is 1. The molecule has 0 atom stereocenters. The Morgan fingerprint density at radius 2 is 1.91 bits per heavy atom. The summed E-state index contributed by atoms with van der Waals surface area (Å²) in [7, 11) is 1.32. The highest BCUT2D eigenvalue weighted by molar-refractivity contribution is 8.18. The Hall–Kier alpha value is -3.82. The van der Waals surface area contributed by atoms with Crippen LogP contribution in [0.3, 0.4) is 0 Å². The van der Waals surface area contributed by atoms with Gasteiger partial charge in [0.1, 0.15) is 18.1 Å². The van der Waals surface area contributed by atoms with E-state index in [-0.39, 0.29) is 4.91 Å². The Balaban J connectivity index is 1.47. The first-order valence-electron chi connectivity index (χ1n) is 10.4. The van der Waals surface area contributed by atoms with Gasteiger partial charge >= 0.3 is 5.97 Å². The van der Waals surface area contributed by atoms with Gasteiger partial charge in [0, 0.05) is 11.6 Å². The lowest BCUT2D eigenvalue weighted by molar-refractivity contribution is -0.127. The molecule has 4 rings (SSSR count). The van der Waals surface area contributed by atoms with Crippen molar-refractivity contribution in [3.63, 3.8) is 0 Å². The third kappa shape index (κ3) is 5.31. The lowest BCUT2D eigenvalue weighted by Gasteiger charge is -2.13. The van der Waals surface area contributed by atoms with E-state index in [2.05, 4.69) is 5.32 Å². The van der Waals surface area contributed by atoms with Crippen molar-refractivity contribution in [2.75, 3.05) is 19.0 Å². The fourth-order valence-corrected chi connectivity index (χ4v) is 4.42.